The van der Waals surface area contributed by atoms with Crippen LogP contribution in [0.25, 0.3) is 11.3 Å². The van der Waals surface area contributed by atoms with Crippen LogP contribution in [0.5, 0.6) is 0 Å². The van der Waals surface area contributed by atoms with Gasteiger partial charge in [-0.3, -0.25) is 9.59 Å². The number of alkyl halides is 3. The molecule has 4 rings (SSSR count). The molecule has 1 saturated heterocycles. The Morgan fingerprint density at radius 2 is 1.91 bits per heavy atom. The van der Waals surface area contributed by atoms with E-state index in [0.29, 0.717) is 25.1 Å². The lowest BCUT2D eigenvalue weighted by molar-refractivity contribution is -0.137. The van der Waals surface area contributed by atoms with Crippen LogP contribution >= 0.6 is 0 Å². The molecule has 3 aromatic rings. The third kappa shape index (κ3) is 4.82. The predicted molar refractivity (Wildman–Crippen MR) is 109 cm³/mol. The number of carbonyl (C=O) groups excluding carboxylic acids is 2. The van der Waals surface area contributed by atoms with Gasteiger partial charge >= 0.3 is 6.18 Å². The summed E-state index contributed by atoms with van der Waals surface area (Å²) in [5, 5.41) is 6.51. The number of benzene rings is 2. The molecule has 32 heavy (non-hydrogen) atoms. The van der Waals surface area contributed by atoms with Gasteiger partial charge in [-0.25, -0.2) is 0 Å². The van der Waals surface area contributed by atoms with Crippen molar-refractivity contribution in [2.75, 3.05) is 13.1 Å². The second kappa shape index (κ2) is 8.86. The first-order valence-corrected chi connectivity index (χ1v) is 10.1. The van der Waals surface area contributed by atoms with Crippen molar-refractivity contribution in [2.45, 2.75) is 25.1 Å². The van der Waals surface area contributed by atoms with Crippen molar-refractivity contribution in [3.8, 4) is 11.3 Å². The molecule has 1 aromatic heterocycles. The lowest BCUT2D eigenvalue weighted by atomic mass is 10.0. The van der Waals surface area contributed by atoms with E-state index in [2.05, 4.69) is 10.5 Å². The van der Waals surface area contributed by atoms with E-state index >= 15 is 0 Å². The molecule has 1 N–H and O–H groups in total. The van der Waals surface area contributed by atoms with Crippen LogP contribution in [0.2, 0.25) is 0 Å². The van der Waals surface area contributed by atoms with Crippen molar-refractivity contribution in [2.24, 2.45) is 0 Å². The SMILES string of the molecule is O=C(NC(CN1CCCC1=O)c1cccc(C(F)(F)F)c1)c1cc(-c2ccccc2)on1. The Morgan fingerprint density at radius 1 is 1.12 bits per heavy atom. The maximum atomic E-state index is 13.2. The number of nitrogens with one attached hydrogen (secondary N) is 1. The molecule has 0 aliphatic carbocycles. The lowest BCUT2D eigenvalue weighted by Gasteiger charge is -2.25. The van der Waals surface area contributed by atoms with Crippen molar-refractivity contribution < 1.29 is 27.3 Å². The number of aromatic nitrogens is 1. The normalized spacial score (nSPS) is 15.1. The zero-order valence-electron chi connectivity index (χ0n) is 16.9. The summed E-state index contributed by atoms with van der Waals surface area (Å²) in [5.74, 6) is -0.310. The van der Waals surface area contributed by atoms with E-state index in [1.54, 1.807) is 17.0 Å². The molecule has 1 fully saturated rings. The molecule has 2 heterocycles. The van der Waals surface area contributed by atoms with Gasteiger partial charge in [0.25, 0.3) is 5.91 Å². The monoisotopic (exact) mass is 443 g/mol. The summed E-state index contributed by atoms with van der Waals surface area (Å²) in [6, 6.07) is 14.4. The minimum atomic E-state index is -4.52. The Morgan fingerprint density at radius 3 is 2.59 bits per heavy atom. The first-order chi connectivity index (χ1) is 15.3. The Labute approximate surface area is 182 Å². The largest absolute Gasteiger partial charge is 0.416 e. The molecule has 1 atom stereocenters. The Balaban J connectivity index is 1.58. The number of hydrogen-bond donors (Lipinski definition) is 1. The summed E-state index contributed by atoms with van der Waals surface area (Å²) in [6.45, 7) is 0.557. The molecule has 2 aromatic carbocycles. The summed E-state index contributed by atoms with van der Waals surface area (Å²) < 4.78 is 44.9. The molecule has 0 spiro atoms. The number of halogens is 3. The van der Waals surface area contributed by atoms with Gasteiger partial charge in [-0.1, -0.05) is 47.6 Å². The fourth-order valence-corrected chi connectivity index (χ4v) is 3.64. The number of rotatable bonds is 6. The number of nitrogens with zero attached hydrogens (tertiary/aromatic N) is 2. The highest BCUT2D eigenvalue weighted by atomic mass is 19.4. The van der Waals surface area contributed by atoms with Gasteiger partial charge in [-0.05, 0) is 24.1 Å². The molecule has 2 amide bonds. The van der Waals surface area contributed by atoms with Crippen molar-refractivity contribution in [3.63, 3.8) is 0 Å². The quantitative estimate of drug-likeness (QED) is 0.611. The summed E-state index contributed by atoms with van der Waals surface area (Å²) in [6.07, 6.45) is -3.47. The van der Waals surface area contributed by atoms with Crippen LogP contribution in [-0.2, 0) is 11.0 Å². The lowest BCUT2D eigenvalue weighted by Crippen LogP contribution is -2.38. The average molecular weight is 443 g/mol. The summed E-state index contributed by atoms with van der Waals surface area (Å²) in [4.78, 5) is 26.5. The van der Waals surface area contributed by atoms with E-state index in [1.807, 2.05) is 18.2 Å². The van der Waals surface area contributed by atoms with Crippen molar-refractivity contribution >= 4 is 11.8 Å². The van der Waals surface area contributed by atoms with Crippen molar-refractivity contribution in [1.82, 2.24) is 15.4 Å². The van der Waals surface area contributed by atoms with Crippen LogP contribution in [0.4, 0.5) is 13.2 Å². The number of amides is 2. The summed E-state index contributed by atoms with van der Waals surface area (Å²) >= 11 is 0. The van der Waals surface area contributed by atoms with E-state index in [9.17, 15) is 22.8 Å². The van der Waals surface area contributed by atoms with Gasteiger partial charge in [0.2, 0.25) is 5.91 Å². The van der Waals surface area contributed by atoms with Crippen LogP contribution in [-0.4, -0.2) is 35.0 Å². The number of hydrogen-bond acceptors (Lipinski definition) is 4. The molecule has 1 aliphatic rings. The molecule has 0 saturated carbocycles. The highest BCUT2D eigenvalue weighted by Crippen LogP contribution is 2.31. The maximum absolute atomic E-state index is 13.2. The smallest absolute Gasteiger partial charge is 0.355 e. The first-order valence-electron chi connectivity index (χ1n) is 10.1. The van der Waals surface area contributed by atoms with Crippen molar-refractivity contribution in [3.05, 3.63) is 77.5 Å². The van der Waals surface area contributed by atoms with Gasteiger partial charge in [0, 0.05) is 31.1 Å². The Bertz CT molecular complexity index is 1110. The van der Waals surface area contributed by atoms with E-state index in [1.165, 1.54) is 18.2 Å². The van der Waals surface area contributed by atoms with Crippen LogP contribution in [0.1, 0.15) is 40.5 Å². The second-order valence-electron chi connectivity index (χ2n) is 7.54. The van der Waals surface area contributed by atoms with E-state index < -0.39 is 23.7 Å². The fourth-order valence-electron chi connectivity index (χ4n) is 3.64. The zero-order valence-corrected chi connectivity index (χ0v) is 16.9. The van der Waals surface area contributed by atoms with Gasteiger partial charge < -0.3 is 14.7 Å². The Hall–Kier alpha value is -3.62. The number of carbonyl (C=O) groups is 2. The standard InChI is InChI=1S/C23H20F3N3O3/c24-23(25,26)17-9-4-8-16(12-17)19(14-29-11-5-10-21(29)30)27-22(31)18-13-20(32-28-18)15-6-2-1-3-7-15/h1-4,6-9,12-13,19H,5,10-11,14H2,(H,27,31). The number of likely N-dealkylation sites (tertiary alicyclic amines) is 1. The summed E-state index contributed by atoms with van der Waals surface area (Å²) in [5.41, 5.74) is 0.152. The topological polar surface area (TPSA) is 75.4 Å². The van der Waals surface area contributed by atoms with Crippen LogP contribution in [0.3, 0.4) is 0 Å². The van der Waals surface area contributed by atoms with Gasteiger partial charge in [0.05, 0.1) is 11.6 Å². The highest BCUT2D eigenvalue weighted by molar-refractivity contribution is 5.93. The van der Waals surface area contributed by atoms with Gasteiger partial charge in [-0.2, -0.15) is 13.2 Å². The molecule has 9 heteroatoms. The predicted octanol–water partition coefficient (Wildman–Crippen LogP) is 4.45. The van der Waals surface area contributed by atoms with Gasteiger partial charge in [0.15, 0.2) is 11.5 Å². The summed E-state index contributed by atoms with van der Waals surface area (Å²) in [7, 11) is 0. The highest BCUT2D eigenvalue weighted by Gasteiger charge is 2.32. The maximum Gasteiger partial charge on any atom is 0.416 e. The Kier molecular flexibility index (Phi) is 5.98. The fraction of sp³-hybridized carbons (Fsp3) is 0.261. The minimum absolute atomic E-state index is 0.00595. The first kappa shape index (κ1) is 21.6. The second-order valence-corrected chi connectivity index (χ2v) is 7.54. The van der Waals surface area contributed by atoms with Crippen LogP contribution in [0, 0.1) is 0 Å². The van der Waals surface area contributed by atoms with Crippen LogP contribution < -0.4 is 5.32 Å². The third-order valence-corrected chi connectivity index (χ3v) is 5.30. The van der Waals surface area contributed by atoms with E-state index in [-0.39, 0.29) is 23.7 Å². The molecule has 6 nitrogen and oxygen atoms in total. The molecular formula is C23H20F3N3O3. The minimum Gasteiger partial charge on any atom is -0.355 e. The zero-order chi connectivity index (χ0) is 22.7. The molecule has 1 aliphatic heterocycles. The van der Waals surface area contributed by atoms with Crippen molar-refractivity contribution in [1.29, 1.82) is 0 Å². The van der Waals surface area contributed by atoms with E-state index in [0.717, 1.165) is 17.7 Å². The third-order valence-electron chi connectivity index (χ3n) is 5.30. The average Bonchev–Trinajstić information content (AvgIpc) is 3.43. The van der Waals surface area contributed by atoms with Gasteiger partial charge in [-0.15, -0.1) is 0 Å². The van der Waals surface area contributed by atoms with Crippen LogP contribution in [0.15, 0.2) is 65.2 Å². The molecule has 0 bridgehead atoms. The molecular weight excluding hydrogens is 423 g/mol. The van der Waals surface area contributed by atoms with Gasteiger partial charge in [0.1, 0.15) is 0 Å². The molecule has 0 radical (unpaired) electrons. The molecule has 166 valence electrons. The molecule has 1 unspecified atom stereocenters. The van der Waals surface area contributed by atoms with E-state index in [4.69, 9.17) is 4.52 Å².